The number of benzene rings is 1. The Balaban J connectivity index is 1.93. The van der Waals surface area contributed by atoms with Crippen molar-refractivity contribution in [2.75, 3.05) is 17.6 Å². The summed E-state index contributed by atoms with van der Waals surface area (Å²) in [4.78, 5) is 2.45. The first-order chi connectivity index (χ1) is 10.5. The molecular weight excluding hydrogens is 320 g/mol. The lowest BCUT2D eigenvalue weighted by atomic mass is 10.2. The zero-order chi connectivity index (χ0) is 16.1. The number of nitrogens with one attached hydrogen (secondary N) is 1. The van der Waals surface area contributed by atoms with Crippen LogP contribution in [0.1, 0.15) is 5.56 Å². The normalized spacial score (nSPS) is 12.2. The molecule has 1 aromatic heterocycles. The molecule has 0 fully saturated rings. The number of hydrogen-bond acceptors (Lipinski definition) is 3. The predicted octanol–water partition coefficient (Wildman–Crippen LogP) is 3.00. The van der Waals surface area contributed by atoms with E-state index in [-0.39, 0.29) is 18.1 Å². The van der Waals surface area contributed by atoms with Crippen LogP contribution in [0.15, 0.2) is 30.3 Å². The Morgan fingerprint density at radius 3 is 2.18 bits per heavy atom. The molecule has 2 aromatic rings. The molecule has 0 bridgehead atoms. The number of nitrogens with zero attached hydrogens (tertiary/aromatic N) is 1. The van der Waals surface area contributed by atoms with E-state index < -0.39 is 40.0 Å². The molecule has 0 aliphatic heterocycles. The minimum atomic E-state index is -1.73. The van der Waals surface area contributed by atoms with Gasteiger partial charge in [-0.25, -0.2) is 0 Å². The first kappa shape index (κ1) is 16.4. The van der Waals surface area contributed by atoms with Crippen LogP contribution >= 0.6 is 0 Å². The van der Waals surface area contributed by atoms with Crippen LogP contribution in [0.5, 0.6) is 0 Å². The quantitative estimate of drug-likeness (QED) is 0.653. The highest BCUT2D eigenvalue weighted by atomic mass is 32.2. The van der Waals surface area contributed by atoms with Gasteiger partial charge in [-0.2, -0.15) is 22.5 Å². The third-order valence-corrected chi connectivity index (χ3v) is 4.11. The van der Waals surface area contributed by atoms with Crippen LogP contribution in [-0.2, 0) is 16.6 Å². The number of pyridine rings is 1. The van der Waals surface area contributed by atoms with Gasteiger partial charge in [-0.15, -0.1) is 0 Å². The maximum atomic E-state index is 13.3. The Morgan fingerprint density at radius 1 is 1.00 bits per heavy atom. The van der Waals surface area contributed by atoms with Gasteiger partial charge in [0.15, 0.2) is 0 Å². The van der Waals surface area contributed by atoms with E-state index in [1.54, 1.807) is 24.3 Å². The Morgan fingerprint density at radius 2 is 1.59 bits per heavy atom. The predicted molar refractivity (Wildman–Crippen MR) is 75.7 cm³/mol. The van der Waals surface area contributed by atoms with Gasteiger partial charge in [-0.3, -0.25) is 4.21 Å². The van der Waals surface area contributed by atoms with Crippen molar-refractivity contribution in [1.29, 1.82) is 0 Å². The van der Waals surface area contributed by atoms with Crippen LogP contribution in [0, 0.1) is 23.5 Å². The van der Waals surface area contributed by atoms with Crippen LogP contribution in [0.4, 0.5) is 23.2 Å². The number of halogens is 4. The third-order valence-electron chi connectivity index (χ3n) is 2.80. The summed E-state index contributed by atoms with van der Waals surface area (Å²) in [5.41, 5.74) is -0.0825. The van der Waals surface area contributed by atoms with Crippen molar-refractivity contribution in [3.05, 3.63) is 59.4 Å². The summed E-state index contributed by atoms with van der Waals surface area (Å²) in [6, 6.07) is 9.04. The second kappa shape index (κ2) is 7.35. The van der Waals surface area contributed by atoms with E-state index in [1.807, 2.05) is 6.07 Å². The van der Waals surface area contributed by atoms with Gasteiger partial charge in [0.2, 0.25) is 11.6 Å². The summed E-state index contributed by atoms with van der Waals surface area (Å²) in [5, 5.41) is 2.22. The summed E-state index contributed by atoms with van der Waals surface area (Å²) in [7, 11) is -1.28. The molecule has 3 nitrogen and oxygen atoms in total. The van der Waals surface area contributed by atoms with Gasteiger partial charge in [0.1, 0.15) is 5.69 Å². The summed E-state index contributed by atoms with van der Waals surface area (Å²) in [6.07, 6.45) is 0. The summed E-state index contributed by atoms with van der Waals surface area (Å²) < 4.78 is 64.3. The number of aromatic nitrogens is 1. The molecule has 0 aliphatic rings. The summed E-state index contributed by atoms with van der Waals surface area (Å²) in [5.74, 6) is -6.31. The molecule has 1 unspecified atom stereocenters. The lowest BCUT2D eigenvalue weighted by molar-refractivity contribution is 0.411. The highest BCUT2D eigenvalue weighted by Crippen LogP contribution is 2.21. The van der Waals surface area contributed by atoms with Gasteiger partial charge in [0.25, 0.3) is 11.9 Å². The minimum Gasteiger partial charge on any atom is -0.379 e. The minimum absolute atomic E-state index is 0.0688. The first-order valence-electron chi connectivity index (χ1n) is 6.31. The second-order valence-electron chi connectivity index (χ2n) is 4.40. The van der Waals surface area contributed by atoms with Crippen LogP contribution in [0.3, 0.4) is 0 Å². The highest BCUT2D eigenvalue weighted by molar-refractivity contribution is 7.84. The van der Waals surface area contributed by atoms with Gasteiger partial charge in [0, 0.05) is 28.9 Å². The fraction of sp³-hybridized carbons (Fsp3) is 0.214. The zero-order valence-corrected chi connectivity index (χ0v) is 12.1. The monoisotopic (exact) mass is 332 g/mol. The van der Waals surface area contributed by atoms with E-state index in [1.165, 1.54) is 0 Å². The SMILES string of the molecule is O=S(CCNc1c(F)c(F)nc(F)c1F)Cc1ccccc1. The first-order valence-corrected chi connectivity index (χ1v) is 7.80. The van der Waals surface area contributed by atoms with Crippen molar-refractivity contribution in [1.82, 2.24) is 4.98 Å². The van der Waals surface area contributed by atoms with E-state index in [0.29, 0.717) is 0 Å². The molecule has 0 saturated carbocycles. The Labute approximate surface area is 126 Å². The average Bonchev–Trinajstić information content (AvgIpc) is 2.50. The number of anilines is 1. The molecule has 0 aliphatic carbocycles. The van der Waals surface area contributed by atoms with Crippen molar-refractivity contribution < 1.29 is 21.8 Å². The molecule has 1 heterocycles. The average molecular weight is 332 g/mol. The Kier molecular flexibility index (Phi) is 5.48. The third kappa shape index (κ3) is 4.03. The van der Waals surface area contributed by atoms with Gasteiger partial charge in [-0.05, 0) is 5.56 Å². The molecule has 0 spiro atoms. The van der Waals surface area contributed by atoms with E-state index in [9.17, 15) is 21.8 Å². The highest BCUT2D eigenvalue weighted by Gasteiger charge is 2.20. The smallest absolute Gasteiger partial charge is 0.253 e. The molecule has 0 amide bonds. The zero-order valence-electron chi connectivity index (χ0n) is 11.3. The molecule has 118 valence electrons. The number of rotatable bonds is 6. The molecule has 22 heavy (non-hydrogen) atoms. The molecule has 0 radical (unpaired) electrons. The van der Waals surface area contributed by atoms with Crippen LogP contribution < -0.4 is 5.32 Å². The van der Waals surface area contributed by atoms with E-state index in [2.05, 4.69) is 10.3 Å². The molecule has 1 aromatic carbocycles. The number of hydrogen-bond donors (Lipinski definition) is 1. The fourth-order valence-electron chi connectivity index (χ4n) is 1.76. The lowest BCUT2D eigenvalue weighted by Gasteiger charge is -2.09. The Hall–Kier alpha value is -1.96. The van der Waals surface area contributed by atoms with Crippen molar-refractivity contribution in [2.45, 2.75) is 5.75 Å². The second-order valence-corrected chi connectivity index (χ2v) is 5.97. The Bertz CT molecular complexity index is 656. The van der Waals surface area contributed by atoms with Gasteiger partial charge in [0.05, 0.1) is 0 Å². The van der Waals surface area contributed by atoms with Gasteiger partial charge < -0.3 is 5.32 Å². The fourth-order valence-corrected chi connectivity index (χ4v) is 2.80. The van der Waals surface area contributed by atoms with E-state index >= 15 is 0 Å². The maximum Gasteiger partial charge on any atom is 0.253 e. The van der Waals surface area contributed by atoms with E-state index in [4.69, 9.17) is 0 Å². The van der Waals surface area contributed by atoms with Crippen molar-refractivity contribution >= 4 is 16.5 Å². The van der Waals surface area contributed by atoms with Gasteiger partial charge >= 0.3 is 0 Å². The molecule has 1 N–H and O–H groups in total. The largest absolute Gasteiger partial charge is 0.379 e. The standard InChI is InChI=1S/C14H12F4N2OS/c15-10-12(11(16)14(18)20-13(10)17)19-6-7-22(21)8-9-4-2-1-3-5-9/h1-5H,6-8H2,(H,19,20). The lowest BCUT2D eigenvalue weighted by Crippen LogP contribution is -2.16. The van der Waals surface area contributed by atoms with Crippen molar-refractivity contribution in [3.8, 4) is 0 Å². The molecule has 0 saturated heterocycles. The summed E-state index contributed by atoms with van der Waals surface area (Å²) >= 11 is 0. The topological polar surface area (TPSA) is 42.0 Å². The molecular formula is C14H12F4N2OS. The summed E-state index contributed by atoms with van der Waals surface area (Å²) in [6.45, 7) is -0.101. The van der Waals surface area contributed by atoms with Crippen LogP contribution in [0.2, 0.25) is 0 Å². The van der Waals surface area contributed by atoms with E-state index in [0.717, 1.165) is 5.56 Å². The van der Waals surface area contributed by atoms with Gasteiger partial charge in [-0.1, -0.05) is 30.3 Å². The van der Waals surface area contributed by atoms with Crippen LogP contribution in [-0.4, -0.2) is 21.5 Å². The molecule has 8 heteroatoms. The van der Waals surface area contributed by atoms with Crippen molar-refractivity contribution in [3.63, 3.8) is 0 Å². The maximum absolute atomic E-state index is 13.3. The molecule has 2 rings (SSSR count). The van der Waals surface area contributed by atoms with Crippen LogP contribution in [0.25, 0.3) is 0 Å². The van der Waals surface area contributed by atoms with Crippen molar-refractivity contribution in [2.24, 2.45) is 0 Å². The molecule has 1 atom stereocenters.